The molecular formula is C13H16ClNO4. The lowest BCUT2D eigenvalue weighted by Crippen LogP contribution is -2.27. The molecule has 1 aromatic rings. The zero-order valence-electron chi connectivity index (χ0n) is 11.0. The normalized spacial score (nSPS) is 10.9. The first kappa shape index (κ1) is 15.3. The van der Waals surface area contributed by atoms with E-state index in [0.717, 1.165) is 0 Å². The predicted octanol–water partition coefficient (Wildman–Crippen LogP) is 2.16. The molecule has 1 rings (SSSR count). The quantitative estimate of drug-likeness (QED) is 0.860. The van der Waals surface area contributed by atoms with E-state index in [1.54, 1.807) is 26.8 Å². The van der Waals surface area contributed by atoms with Gasteiger partial charge < -0.3 is 15.2 Å². The monoisotopic (exact) mass is 285 g/mol. The van der Waals surface area contributed by atoms with Crippen LogP contribution in [0.5, 0.6) is 5.75 Å². The zero-order chi connectivity index (χ0) is 14.6. The van der Waals surface area contributed by atoms with Crippen LogP contribution in [-0.4, -0.2) is 24.1 Å². The van der Waals surface area contributed by atoms with Gasteiger partial charge in [0.25, 0.3) is 5.91 Å². The van der Waals surface area contributed by atoms with Gasteiger partial charge in [0.2, 0.25) is 0 Å². The second-order valence-electron chi connectivity index (χ2n) is 4.88. The van der Waals surface area contributed by atoms with E-state index in [4.69, 9.17) is 26.8 Å². The molecule has 104 valence electrons. The number of benzene rings is 1. The average Bonchev–Trinajstić information content (AvgIpc) is 2.24. The molecule has 0 aromatic heterocycles. The minimum absolute atomic E-state index is 0.121. The summed E-state index contributed by atoms with van der Waals surface area (Å²) in [5.41, 5.74) is 4.73. The third-order valence-corrected chi connectivity index (χ3v) is 2.21. The van der Waals surface area contributed by atoms with Gasteiger partial charge in [-0.1, -0.05) is 11.6 Å². The molecule has 2 N–H and O–H groups in total. The van der Waals surface area contributed by atoms with Gasteiger partial charge in [-0.2, -0.15) is 0 Å². The zero-order valence-corrected chi connectivity index (χ0v) is 11.8. The molecule has 0 bridgehead atoms. The molecule has 5 nitrogen and oxygen atoms in total. The van der Waals surface area contributed by atoms with Crippen molar-refractivity contribution in [3.8, 4) is 5.75 Å². The summed E-state index contributed by atoms with van der Waals surface area (Å²) < 4.78 is 10.3. The van der Waals surface area contributed by atoms with Crippen molar-refractivity contribution in [3.05, 3.63) is 28.8 Å². The van der Waals surface area contributed by atoms with Gasteiger partial charge in [-0.15, -0.1) is 0 Å². The molecule has 1 amide bonds. The number of carbonyl (C=O) groups excluding carboxylic acids is 2. The molecule has 0 aliphatic heterocycles. The fourth-order valence-corrected chi connectivity index (χ4v) is 1.50. The van der Waals surface area contributed by atoms with Crippen LogP contribution in [0.1, 0.15) is 31.1 Å². The van der Waals surface area contributed by atoms with E-state index in [2.05, 4.69) is 0 Å². The number of halogens is 1. The molecule has 0 heterocycles. The van der Waals surface area contributed by atoms with E-state index < -0.39 is 17.5 Å². The van der Waals surface area contributed by atoms with Crippen LogP contribution in [0.25, 0.3) is 0 Å². The maximum atomic E-state index is 11.5. The van der Waals surface area contributed by atoms with Crippen LogP contribution < -0.4 is 10.5 Å². The van der Waals surface area contributed by atoms with E-state index in [9.17, 15) is 9.59 Å². The number of rotatable bonds is 4. The van der Waals surface area contributed by atoms with Crippen LogP contribution >= 0.6 is 11.6 Å². The first-order valence-corrected chi connectivity index (χ1v) is 6.01. The third-order valence-electron chi connectivity index (χ3n) is 1.97. The maximum absolute atomic E-state index is 11.5. The van der Waals surface area contributed by atoms with Crippen molar-refractivity contribution in [2.75, 3.05) is 6.61 Å². The van der Waals surface area contributed by atoms with Crippen LogP contribution in [0.4, 0.5) is 0 Å². The molecule has 0 aliphatic rings. The van der Waals surface area contributed by atoms with E-state index >= 15 is 0 Å². The Bertz CT molecular complexity index is 494. The molecule has 0 saturated carbocycles. The van der Waals surface area contributed by atoms with Gasteiger partial charge in [-0.25, -0.2) is 4.79 Å². The summed E-state index contributed by atoms with van der Waals surface area (Å²) >= 11 is 5.76. The highest BCUT2D eigenvalue weighted by Gasteiger charge is 2.18. The highest BCUT2D eigenvalue weighted by atomic mass is 35.5. The summed E-state index contributed by atoms with van der Waals surface area (Å²) in [7, 11) is 0. The molecule has 0 unspecified atom stereocenters. The van der Waals surface area contributed by atoms with Crippen LogP contribution in [0, 0.1) is 0 Å². The lowest BCUT2D eigenvalue weighted by Gasteiger charge is -2.19. The average molecular weight is 286 g/mol. The van der Waals surface area contributed by atoms with Crippen molar-refractivity contribution < 1.29 is 19.1 Å². The number of hydrogen-bond donors (Lipinski definition) is 1. The predicted molar refractivity (Wildman–Crippen MR) is 71.3 cm³/mol. The Balaban J connectivity index is 2.73. The van der Waals surface area contributed by atoms with Gasteiger partial charge in [0.1, 0.15) is 11.4 Å². The topological polar surface area (TPSA) is 78.6 Å². The fourth-order valence-electron chi connectivity index (χ4n) is 1.33. The Morgan fingerprint density at radius 3 is 2.47 bits per heavy atom. The lowest BCUT2D eigenvalue weighted by molar-refractivity contribution is -0.157. The molecular weight excluding hydrogens is 270 g/mol. The van der Waals surface area contributed by atoms with Crippen molar-refractivity contribution in [3.63, 3.8) is 0 Å². The Morgan fingerprint density at radius 1 is 1.32 bits per heavy atom. The van der Waals surface area contributed by atoms with Crippen molar-refractivity contribution in [2.45, 2.75) is 26.4 Å². The Hall–Kier alpha value is -1.75. The van der Waals surface area contributed by atoms with Gasteiger partial charge in [0, 0.05) is 5.02 Å². The molecule has 0 saturated heterocycles. The third kappa shape index (κ3) is 5.18. The van der Waals surface area contributed by atoms with Crippen LogP contribution in [-0.2, 0) is 9.53 Å². The number of ether oxygens (including phenoxy) is 2. The maximum Gasteiger partial charge on any atom is 0.344 e. The van der Waals surface area contributed by atoms with Crippen LogP contribution in [0.2, 0.25) is 5.02 Å². The molecule has 6 heteroatoms. The summed E-state index contributed by atoms with van der Waals surface area (Å²) in [6, 6.07) is 4.40. The highest BCUT2D eigenvalue weighted by molar-refractivity contribution is 6.31. The first-order chi connectivity index (χ1) is 8.69. The summed E-state index contributed by atoms with van der Waals surface area (Å²) in [6.07, 6.45) is 0. The minimum Gasteiger partial charge on any atom is -0.481 e. The molecule has 0 fully saturated rings. The summed E-state index contributed by atoms with van der Waals surface area (Å²) in [5, 5.41) is 0.360. The number of primary amides is 1. The van der Waals surface area contributed by atoms with Crippen LogP contribution in [0.15, 0.2) is 18.2 Å². The largest absolute Gasteiger partial charge is 0.481 e. The van der Waals surface area contributed by atoms with E-state index in [-0.39, 0.29) is 17.9 Å². The highest BCUT2D eigenvalue weighted by Crippen LogP contribution is 2.22. The molecule has 1 aromatic carbocycles. The summed E-state index contributed by atoms with van der Waals surface area (Å²) in [5.74, 6) is -1.01. The van der Waals surface area contributed by atoms with Crippen molar-refractivity contribution in [2.24, 2.45) is 5.73 Å². The smallest absolute Gasteiger partial charge is 0.344 e. The van der Waals surface area contributed by atoms with Gasteiger partial charge in [0.15, 0.2) is 6.61 Å². The van der Waals surface area contributed by atoms with Gasteiger partial charge in [0.05, 0.1) is 5.56 Å². The second-order valence-corrected chi connectivity index (χ2v) is 5.32. The Labute approximate surface area is 116 Å². The second kappa shape index (κ2) is 5.93. The molecule has 0 spiro atoms. The number of esters is 1. The minimum atomic E-state index is -0.679. The lowest BCUT2D eigenvalue weighted by atomic mass is 10.2. The number of nitrogens with two attached hydrogens (primary N) is 1. The van der Waals surface area contributed by atoms with E-state index in [0.29, 0.717) is 5.02 Å². The standard InChI is InChI=1S/C13H16ClNO4/c1-13(2,3)19-11(16)7-18-10-5-4-8(14)6-9(10)12(15)17/h4-6H,7H2,1-3H3,(H2,15,17). The van der Waals surface area contributed by atoms with E-state index in [1.165, 1.54) is 12.1 Å². The Morgan fingerprint density at radius 2 is 1.95 bits per heavy atom. The Kier molecular flexibility index (Phi) is 4.78. The van der Waals surface area contributed by atoms with Crippen molar-refractivity contribution in [1.82, 2.24) is 0 Å². The van der Waals surface area contributed by atoms with Gasteiger partial charge >= 0.3 is 5.97 Å². The fraction of sp³-hybridized carbons (Fsp3) is 0.385. The molecule has 0 aliphatic carbocycles. The summed E-state index contributed by atoms with van der Waals surface area (Å²) in [4.78, 5) is 22.7. The molecule has 0 atom stereocenters. The number of amides is 1. The molecule has 0 radical (unpaired) electrons. The number of carbonyl (C=O) groups is 2. The molecule has 19 heavy (non-hydrogen) atoms. The summed E-state index contributed by atoms with van der Waals surface area (Å²) in [6.45, 7) is 4.95. The van der Waals surface area contributed by atoms with Gasteiger partial charge in [-0.3, -0.25) is 4.79 Å². The number of hydrogen-bond acceptors (Lipinski definition) is 4. The van der Waals surface area contributed by atoms with E-state index in [1.807, 2.05) is 0 Å². The van der Waals surface area contributed by atoms with Crippen molar-refractivity contribution >= 4 is 23.5 Å². The SMILES string of the molecule is CC(C)(C)OC(=O)COc1ccc(Cl)cc1C(N)=O. The first-order valence-electron chi connectivity index (χ1n) is 5.63. The van der Waals surface area contributed by atoms with Gasteiger partial charge in [-0.05, 0) is 39.0 Å². The van der Waals surface area contributed by atoms with Crippen LogP contribution in [0.3, 0.4) is 0 Å². The van der Waals surface area contributed by atoms with Crippen molar-refractivity contribution in [1.29, 1.82) is 0 Å².